The second-order valence-electron chi connectivity index (χ2n) is 13.6. The van der Waals surface area contributed by atoms with Crippen LogP contribution in [0.3, 0.4) is 0 Å². The van der Waals surface area contributed by atoms with E-state index in [1.54, 1.807) is 0 Å². The summed E-state index contributed by atoms with van der Waals surface area (Å²) in [6.45, 7) is 3.89. The van der Waals surface area contributed by atoms with Crippen molar-refractivity contribution >= 4 is 39.9 Å². The molecule has 0 aromatic heterocycles. The van der Waals surface area contributed by atoms with E-state index in [-0.39, 0.29) is 26.0 Å². The lowest BCUT2D eigenvalue weighted by atomic mass is 9.99. The van der Waals surface area contributed by atoms with Crippen molar-refractivity contribution < 1.29 is 50.6 Å². The Morgan fingerprint density at radius 3 is 2.58 bits per heavy atom. The smallest absolute Gasteiger partial charge is 0.410 e. The molecule has 1 aromatic rings. The van der Waals surface area contributed by atoms with Crippen molar-refractivity contribution in [3.63, 3.8) is 0 Å². The van der Waals surface area contributed by atoms with Crippen molar-refractivity contribution in [3.05, 3.63) is 47.5 Å². The molecule has 0 spiro atoms. The van der Waals surface area contributed by atoms with E-state index in [1.807, 2.05) is 22.9 Å². The molecular weight excluding hydrogens is 680 g/mol. The van der Waals surface area contributed by atoms with Crippen LogP contribution in [-0.4, -0.2) is 96.7 Å². The minimum absolute atomic E-state index is 0.00760. The van der Waals surface area contributed by atoms with Crippen LogP contribution < -0.4 is 15.4 Å². The number of alkyl carbamates (subject to hydrolysis) is 1. The van der Waals surface area contributed by atoms with Gasteiger partial charge in [0, 0.05) is 31.8 Å². The number of aryl methyl sites for hydroxylation is 1. The molecule has 14 nitrogen and oxygen atoms in total. The van der Waals surface area contributed by atoms with Gasteiger partial charge in [0.1, 0.15) is 23.7 Å². The number of hydrogen-bond donors (Lipinski definition) is 3. The highest BCUT2D eigenvalue weighted by Gasteiger charge is 2.62. The Bertz CT molecular complexity index is 1670. The largest absolute Gasteiger partial charge is 0.450 e. The second-order valence-corrected chi connectivity index (χ2v) is 15.6. The van der Waals surface area contributed by atoms with Crippen LogP contribution in [0.1, 0.15) is 68.1 Å². The number of sulfonamides is 1. The zero-order chi connectivity index (χ0) is 35.8. The van der Waals surface area contributed by atoms with E-state index >= 15 is 0 Å². The zero-order valence-electron chi connectivity index (χ0n) is 27.4. The van der Waals surface area contributed by atoms with E-state index in [1.165, 1.54) is 11.0 Å². The quantitative estimate of drug-likeness (QED) is 0.340. The fraction of sp³-hybridized carbons (Fsp3) is 0.606. The lowest BCUT2D eigenvalue weighted by Crippen LogP contribution is -2.58. The summed E-state index contributed by atoms with van der Waals surface area (Å²) < 4.78 is 65.6. The van der Waals surface area contributed by atoms with Gasteiger partial charge in [-0.2, -0.15) is 0 Å². The number of nitrogens with zero attached hydrogens (tertiary/aromatic N) is 2. The molecule has 1 saturated heterocycles. The van der Waals surface area contributed by atoms with Crippen molar-refractivity contribution in [2.45, 2.75) is 106 Å². The topological polar surface area (TPSA) is 181 Å². The molecule has 3 heterocycles. The monoisotopic (exact) mass is 721 g/mol. The van der Waals surface area contributed by atoms with Crippen LogP contribution in [0.25, 0.3) is 0 Å². The Labute approximate surface area is 288 Å². The summed E-state index contributed by atoms with van der Waals surface area (Å²) in [5.41, 5.74) is 1.39. The third-order valence-corrected chi connectivity index (χ3v) is 11.8. The van der Waals surface area contributed by atoms with E-state index in [0.29, 0.717) is 38.8 Å². The van der Waals surface area contributed by atoms with Gasteiger partial charge >= 0.3 is 12.2 Å². The molecule has 2 aliphatic carbocycles. The number of fused-ring (bicyclic) bond motifs is 3. The molecule has 17 heteroatoms. The Morgan fingerprint density at radius 1 is 1.12 bits per heavy atom. The van der Waals surface area contributed by atoms with Gasteiger partial charge in [0.15, 0.2) is 0 Å². The first-order valence-electron chi connectivity index (χ1n) is 16.9. The van der Waals surface area contributed by atoms with Crippen LogP contribution in [0.15, 0.2) is 30.9 Å². The molecule has 3 N–H and O–H groups in total. The van der Waals surface area contributed by atoms with Gasteiger partial charge in [0.05, 0.1) is 18.4 Å². The van der Waals surface area contributed by atoms with Crippen molar-refractivity contribution in [1.82, 2.24) is 25.2 Å². The molecule has 3 fully saturated rings. The molecule has 0 unspecified atom stereocenters. The third-order valence-electron chi connectivity index (χ3n) is 10.0. The predicted molar refractivity (Wildman–Crippen MR) is 172 cm³/mol. The molecule has 1 aromatic carbocycles. The first-order valence-corrected chi connectivity index (χ1v) is 18.4. The molecule has 50 heavy (non-hydrogen) atoms. The molecule has 3 aliphatic heterocycles. The minimum Gasteiger partial charge on any atom is -0.450 e. The van der Waals surface area contributed by atoms with Gasteiger partial charge in [0.2, 0.25) is 28.3 Å². The van der Waals surface area contributed by atoms with E-state index in [4.69, 9.17) is 9.47 Å². The van der Waals surface area contributed by atoms with Gasteiger partial charge in [-0.05, 0) is 61.6 Å². The lowest BCUT2D eigenvalue weighted by molar-refractivity contribution is -0.141. The maximum absolute atomic E-state index is 13.9. The molecule has 6 rings (SSSR count). The van der Waals surface area contributed by atoms with Gasteiger partial charge in [-0.25, -0.2) is 26.8 Å². The minimum atomic E-state index is -3.97. The third kappa shape index (κ3) is 7.56. The highest BCUT2D eigenvalue weighted by atomic mass is 32.2. The van der Waals surface area contributed by atoms with Crippen molar-refractivity contribution in [2.75, 3.05) is 13.2 Å². The molecule has 5 amide bonds. The van der Waals surface area contributed by atoms with Crippen molar-refractivity contribution in [1.29, 1.82) is 0 Å². The number of rotatable bonds is 8. The highest BCUT2D eigenvalue weighted by Crippen LogP contribution is 2.45. The summed E-state index contributed by atoms with van der Waals surface area (Å²) in [6, 6.07) is 2.63. The predicted octanol–water partition coefficient (Wildman–Crippen LogP) is 2.25. The highest BCUT2D eigenvalue weighted by molar-refractivity contribution is 7.91. The van der Waals surface area contributed by atoms with E-state index in [2.05, 4.69) is 17.2 Å². The standard InChI is InChI=1S/C33H41F2N5O9S/c1-2-21-15-33(21,30(43)38-50(46,47)23-10-11-23)37-28(41)26-13-22-17-40(26)29(42)25(14-27(34)35)36-31(44)48-12-5-3-4-7-19-8-6-9-20-16-39(18-24(19)20)32(45)49-22/h2,6,8-9,21-23,25-27H,1,3-5,7,10-18H2,(H,36,44)(H,37,41)(H,38,43)/t21-,22-,25+,26+,33-/m1/s1. The number of halogens is 2. The number of ether oxygens (including phenoxy) is 2. The number of nitrogens with one attached hydrogen (secondary N) is 3. The lowest BCUT2D eigenvalue weighted by Gasteiger charge is -2.29. The van der Waals surface area contributed by atoms with Crippen LogP contribution in [-0.2, 0) is 53.4 Å². The summed E-state index contributed by atoms with van der Waals surface area (Å²) in [7, 11) is -3.97. The SMILES string of the molecule is C=C[C@@H]1C[C@]1(NC(=O)[C@@H]1C[C@@H]2CN1C(=O)[C@H](CC(F)F)NC(=O)OCCCCCc1cccc3c1CN(C3)C(=O)O2)C(=O)NS(=O)(=O)C1CC1. The molecule has 2 saturated carbocycles. The Kier molecular flexibility index (Phi) is 10.1. The molecule has 5 aliphatic rings. The van der Waals surface area contributed by atoms with E-state index < -0.39 is 87.7 Å². The molecule has 5 atom stereocenters. The van der Waals surface area contributed by atoms with Crippen molar-refractivity contribution in [2.24, 2.45) is 5.92 Å². The molecular formula is C33H41F2N5O9S. The maximum Gasteiger partial charge on any atom is 0.410 e. The van der Waals surface area contributed by atoms with Gasteiger partial charge < -0.3 is 25.0 Å². The van der Waals surface area contributed by atoms with E-state index in [9.17, 15) is 41.2 Å². The first-order chi connectivity index (χ1) is 23.8. The van der Waals surface area contributed by atoms with Crippen molar-refractivity contribution in [3.8, 4) is 0 Å². The summed E-state index contributed by atoms with van der Waals surface area (Å²) in [6.07, 6.45) is -2.23. The fourth-order valence-corrected chi connectivity index (χ4v) is 8.37. The summed E-state index contributed by atoms with van der Waals surface area (Å²) in [4.78, 5) is 69.6. The van der Waals surface area contributed by atoms with Gasteiger partial charge in [0.25, 0.3) is 5.91 Å². The van der Waals surface area contributed by atoms with Crippen LogP contribution in [0.2, 0.25) is 0 Å². The molecule has 272 valence electrons. The summed E-state index contributed by atoms with van der Waals surface area (Å²) >= 11 is 0. The van der Waals surface area contributed by atoms with Crippen LogP contribution in [0.4, 0.5) is 18.4 Å². The second kappa shape index (κ2) is 14.2. The number of carbonyl (C=O) groups excluding carboxylic acids is 5. The number of hydrogen-bond acceptors (Lipinski definition) is 9. The zero-order valence-corrected chi connectivity index (χ0v) is 28.2. The van der Waals surface area contributed by atoms with Crippen LogP contribution in [0, 0.1) is 5.92 Å². The first kappa shape index (κ1) is 35.5. The number of amides is 5. The Balaban J connectivity index is 1.25. The average molecular weight is 722 g/mol. The van der Waals surface area contributed by atoms with E-state index in [0.717, 1.165) is 34.4 Å². The van der Waals surface area contributed by atoms with Gasteiger partial charge in [-0.1, -0.05) is 24.3 Å². The maximum atomic E-state index is 13.9. The molecule has 0 radical (unpaired) electrons. The van der Waals surface area contributed by atoms with Gasteiger partial charge in [-0.15, -0.1) is 6.58 Å². The fourth-order valence-electron chi connectivity index (χ4n) is 7.01. The number of benzene rings is 1. The number of cyclic esters (lactones) is 1. The summed E-state index contributed by atoms with van der Waals surface area (Å²) in [5, 5.41) is 4.09. The number of carbonyl (C=O) groups is 5. The molecule has 4 bridgehead atoms. The Hall–Kier alpha value is -4.28. The number of alkyl halides is 2. The van der Waals surface area contributed by atoms with Crippen LogP contribution in [0.5, 0.6) is 0 Å². The summed E-state index contributed by atoms with van der Waals surface area (Å²) in [5.74, 6) is -3.51. The normalized spacial score (nSPS) is 28.8. The van der Waals surface area contributed by atoms with Gasteiger partial charge in [-0.3, -0.25) is 24.0 Å². The van der Waals surface area contributed by atoms with Crippen LogP contribution >= 0.6 is 0 Å². The average Bonchev–Trinajstić information content (AvgIpc) is 3.95. The Morgan fingerprint density at radius 2 is 1.88 bits per heavy atom.